The third kappa shape index (κ3) is 4.99. The lowest BCUT2D eigenvalue weighted by molar-refractivity contribution is -0.384. The van der Waals surface area contributed by atoms with Gasteiger partial charge in [0.2, 0.25) is 0 Å². The van der Waals surface area contributed by atoms with Gasteiger partial charge < -0.3 is 55.3 Å². The molecular weight excluding hydrogens is 436 g/mol. The fourth-order valence-electron chi connectivity index (χ4n) is 3.58. The minimum Gasteiger partial charge on any atom is -0.394 e. The van der Waals surface area contributed by atoms with Crippen molar-refractivity contribution in [1.29, 1.82) is 0 Å². The van der Waals surface area contributed by atoms with Gasteiger partial charge in [-0.05, 0) is 6.07 Å². The van der Waals surface area contributed by atoms with E-state index in [2.05, 4.69) is 5.32 Å². The lowest BCUT2D eigenvalue weighted by atomic mass is 9.96. The maximum Gasteiger partial charge on any atom is 0.271 e. The van der Waals surface area contributed by atoms with E-state index >= 15 is 0 Å². The number of nitro groups is 1. The Kier molecular flexibility index (Phi) is 7.94. The second-order valence-electron chi connectivity index (χ2n) is 7.51. The van der Waals surface area contributed by atoms with Crippen molar-refractivity contribution in [3.05, 3.63) is 34.4 Å². The van der Waals surface area contributed by atoms with Gasteiger partial charge >= 0.3 is 0 Å². The van der Waals surface area contributed by atoms with Crippen LogP contribution in [0.4, 0.5) is 11.4 Å². The zero-order chi connectivity index (χ0) is 23.6. The zero-order valence-electron chi connectivity index (χ0n) is 16.6. The first-order valence-corrected chi connectivity index (χ1v) is 9.77. The van der Waals surface area contributed by atoms with Crippen molar-refractivity contribution in [3.8, 4) is 0 Å². The third-order valence-electron chi connectivity index (χ3n) is 5.37. The Bertz CT molecular complexity index is 780. The topological polar surface area (TPSA) is 224 Å². The lowest BCUT2D eigenvalue weighted by Crippen LogP contribution is -2.65. The summed E-state index contributed by atoms with van der Waals surface area (Å²) in [6, 6.07) is 5.33. The van der Waals surface area contributed by atoms with E-state index in [0.29, 0.717) is 0 Å². The minimum atomic E-state index is -1.77. The van der Waals surface area contributed by atoms with Gasteiger partial charge in [-0.3, -0.25) is 10.1 Å². The maximum absolute atomic E-state index is 10.9. The molecule has 2 heterocycles. The SMILES string of the molecule is O=[N+]([O-])c1cccc(N[C@@H]2O[C@@H](CO)[C@@H](O[C@H]3O[C@@H](CO)[C@@H](O)[C@@H](O)[C@H]3O)[C@@H](O)[C@@H]2O)c1. The Morgan fingerprint density at radius 3 is 2.25 bits per heavy atom. The predicted octanol–water partition coefficient (Wildman–Crippen LogP) is -3.37. The number of hydrogen-bond donors (Lipinski definition) is 8. The highest BCUT2D eigenvalue weighted by atomic mass is 16.7. The average Bonchev–Trinajstić information content (AvgIpc) is 2.78. The van der Waals surface area contributed by atoms with E-state index in [1.807, 2.05) is 0 Å². The van der Waals surface area contributed by atoms with E-state index in [0.717, 1.165) is 0 Å². The molecule has 32 heavy (non-hydrogen) atoms. The highest BCUT2D eigenvalue weighted by molar-refractivity contribution is 5.51. The summed E-state index contributed by atoms with van der Waals surface area (Å²) in [5.41, 5.74) is -0.0103. The summed E-state index contributed by atoms with van der Waals surface area (Å²) in [7, 11) is 0. The van der Waals surface area contributed by atoms with Gasteiger partial charge in [-0.25, -0.2) is 0 Å². The molecule has 0 bridgehead atoms. The van der Waals surface area contributed by atoms with E-state index in [-0.39, 0.29) is 11.4 Å². The molecule has 2 aliphatic rings. The van der Waals surface area contributed by atoms with Crippen molar-refractivity contribution in [2.45, 2.75) is 61.3 Å². The van der Waals surface area contributed by atoms with Crippen molar-refractivity contribution in [2.24, 2.45) is 0 Å². The number of rotatable bonds is 7. The standard InChI is InChI=1S/C18H26N2O12/c21-5-9-11(23)12(24)15(27)18(31-9)32-16-10(6-22)30-17(14(26)13(16)25)19-7-2-1-3-8(4-7)20(28)29/h1-4,9-19,21-27H,5-6H2/t9-,10-,11+,12+,13-,14-,15+,16+,17+,18+/m0/s1. The van der Waals surface area contributed by atoms with Gasteiger partial charge in [-0.2, -0.15) is 0 Å². The number of ether oxygens (including phenoxy) is 3. The average molecular weight is 462 g/mol. The minimum absolute atomic E-state index is 0.209. The largest absolute Gasteiger partial charge is 0.394 e. The van der Waals surface area contributed by atoms with E-state index in [4.69, 9.17) is 14.2 Å². The Hall–Kier alpha value is -1.98. The summed E-state index contributed by atoms with van der Waals surface area (Å²) in [5, 5.41) is 83.5. The van der Waals surface area contributed by atoms with E-state index in [1.165, 1.54) is 24.3 Å². The molecule has 0 radical (unpaired) electrons. The molecule has 0 amide bonds. The monoisotopic (exact) mass is 462 g/mol. The van der Waals surface area contributed by atoms with Crippen LogP contribution in [0.3, 0.4) is 0 Å². The van der Waals surface area contributed by atoms with E-state index in [1.54, 1.807) is 0 Å². The highest BCUT2D eigenvalue weighted by Crippen LogP contribution is 2.30. The predicted molar refractivity (Wildman–Crippen MR) is 103 cm³/mol. The first-order chi connectivity index (χ1) is 15.2. The summed E-state index contributed by atoms with van der Waals surface area (Å²) in [6.45, 7) is -1.39. The summed E-state index contributed by atoms with van der Waals surface area (Å²) >= 11 is 0. The fraction of sp³-hybridized carbons (Fsp3) is 0.667. The molecule has 180 valence electrons. The van der Waals surface area contributed by atoms with Crippen LogP contribution in [-0.4, -0.2) is 115 Å². The van der Waals surface area contributed by atoms with Crippen LogP contribution in [0.25, 0.3) is 0 Å². The summed E-state index contributed by atoms with van der Waals surface area (Å²) in [4.78, 5) is 10.3. The number of aliphatic hydroxyl groups is 7. The normalized spacial score (nSPS) is 40.1. The van der Waals surface area contributed by atoms with Crippen LogP contribution in [0.2, 0.25) is 0 Å². The fourth-order valence-corrected chi connectivity index (χ4v) is 3.58. The first-order valence-electron chi connectivity index (χ1n) is 9.77. The summed E-state index contributed by atoms with van der Waals surface area (Å²) < 4.78 is 16.2. The molecule has 0 aromatic heterocycles. The van der Waals surface area contributed by atoms with Crippen LogP contribution in [-0.2, 0) is 14.2 Å². The third-order valence-corrected chi connectivity index (χ3v) is 5.37. The van der Waals surface area contributed by atoms with Gasteiger partial charge in [0.1, 0.15) is 48.8 Å². The second kappa shape index (κ2) is 10.3. The van der Waals surface area contributed by atoms with Gasteiger partial charge in [0.25, 0.3) is 5.69 Å². The van der Waals surface area contributed by atoms with E-state index < -0.39 is 79.5 Å². The summed E-state index contributed by atoms with van der Waals surface area (Å²) in [5.74, 6) is 0. The number of nitro benzene ring substituents is 1. The zero-order valence-corrected chi connectivity index (χ0v) is 16.6. The Balaban J connectivity index is 1.72. The number of nitrogens with one attached hydrogen (secondary N) is 1. The molecule has 2 fully saturated rings. The lowest BCUT2D eigenvalue weighted by Gasteiger charge is -2.46. The van der Waals surface area contributed by atoms with Gasteiger partial charge in [0.15, 0.2) is 12.5 Å². The highest BCUT2D eigenvalue weighted by Gasteiger charge is 2.50. The van der Waals surface area contributed by atoms with Gasteiger partial charge in [0, 0.05) is 17.8 Å². The van der Waals surface area contributed by atoms with Gasteiger partial charge in [-0.1, -0.05) is 6.07 Å². The van der Waals surface area contributed by atoms with Crippen molar-refractivity contribution >= 4 is 11.4 Å². The molecule has 2 saturated heterocycles. The van der Waals surface area contributed by atoms with Gasteiger partial charge in [0.05, 0.1) is 18.1 Å². The van der Waals surface area contributed by atoms with Crippen molar-refractivity contribution < 1.29 is 54.9 Å². The molecule has 0 unspecified atom stereocenters. The molecule has 14 nitrogen and oxygen atoms in total. The summed E-state index contributed by atoms with van der Waals surface area (Å²) in [6.07, 6.45) is -15.3. The number of nitrogens with zero attached hydrogens (tertiary/aromatic N) is 1. The molecule has 2 aliphatic heterocycles. The van der Waals surface area contributed by atoms with Crippen LogP contribution < -0.4 is 5.32 Å². The Morgan fingerprint density at radius 1 is 0.938 bits per heavy atom. The Labute approximate surface area is 181 Å². The molecule has 3 rings (SSSR count). The second-order valence-corrected chi connectivity index (χ2v) is 7.51. The number of benzene rings is 1. The number of anilines is 1. The van der Waals surface area contributed by atoms with Crippen LogP contribution in [0, 0.1) is 10.1 Å². The first kappa shape index (κ1) is 24.7. The number of hydrogen-bond acceptors (Lipinski definition) is 13. The molecule has 14 heteroatoms. The molecule has 0 spiro atoms. The smallest absolute Gasteiger partial charge is 0.271 e. The quantitative estimate of drug-likeness (QED) is 0.146. The molecule has 0 saturated carbocycles. The maximum atomic E-state index is 10.9. The van der Waals surface area contributed by atoms with Crippen molar-refractivity contribution in [2.75, 3.05) is 18.5 Å². The van der Waals surface area contributed by atoms with Crippen LogP contribution in [0.15, 0.2) is 24.3 Å². The van der Waals surface area contributed by atoms with Crippen molar-refractivity contribution in [1.82, 2.24) is 0 Å². The molecule has 1 aromatic rings. The molecule has 8 N–H and O–H groups in total. The molecule has 1 aromatic carbocycles. The molecule has 10 atom stereocenters. The molecular formula is C18H26N2O12. The van der Waals surface area contributed by atoms with Crippen LogP contribution >= 0.6 is 0 Å². The number of aliphatic hydroxyl groups excluding tert-OH is 7. The van der Waals surface area contributed by atoms with Crippen molar-refractivity contribution in [3.63, 3.8) is 0 Å². The Morgan fingerprint density at radius 2 is 1.62 bits per heavy atom. The van der Waals surface area contributed by atoms with Gasteiger partial charge in [-0.15, -0.1) is 0 Å². The number of non-ortho nitro benzene ring substituents is 1. The molecule has 0 aliphatic carbocycles. The van der Waals surface area contributed by atoms with E-state index in [9.17, 15) is 45.9 Å². The van der Waals surface area contributed by atoms with Crippen LogP contribution in [0.5, 0.6) is 0 Å². The van der Waals surface area contributed by atoms with Crippen LogP contribution in [0.1, 0.15) is 0 Å².